The van der Waals surface area contributed by atoms with Gasteiger partial charge in [-0.15, -0.1) is 10.2 Å². The number of allylic oxidation sites excluding steroid dienone is 1. The van der Waals surface area contributed by atoms with Gasteiger partial charge in [0, 0.05) is 12.6 Å². The van der Waals surface area contributed by atoms with Crippen LogP contribution in [-0.4, -0.2) is 32.5 Å². The molecule has 0 aromatic carbocycles. The lowest BCUT2D eigenvalue weighted by Gasteiger charge is -2.15. The molecule has 1 aliphatic rings. The van der Waals surface area contributed by atoms with Crippen molar-refractivity contribution >= 4 is 17.7 Å². The number of hydrogen-bond acceptors (Lipinski definition) is 4. The average Bonchev–Trinajstić information content (AvgIpc) is 2.96. The number of carbonyl (C=O) groups is 1. The van der Waals surface area contributed by atoms with E-state index in [2.05, 4.69) is 35.4 Å². The van der Waals surface area contributed by atoms with Crippen molar-refractivity contribution in [1.29, 1.82) is 0 Å². The van der Waals surface area contributed by atoms with Crippen LogP contribution in [-0.2, 0) is 4.79 Å². The first-order valence-electron chi connectivity index (χ1n) is 8.09. The van der Waals surface area contributed by atoms with Gasteiger partial charge in [0.05, 0.1) is 5.25 Å². The highest BCUT2D eigenvalue weighted by Crippen LogP contribution is 2.23. The van der Waals surface area contributed by atoms with Gasteiger partial charge in [-0.2, -0.15) is 0 Å². The lowest BCUT2D eigenvalue weighted by atomic mass is 9.97. The molecule has 0 saturated carbocycles. The Morgan fingerprint density at radius 2 is 2.23 bits per heavy atom. The van der Waals surface area contributed by atoms with Crippen molar-refractivity contribution in [3.63, 3.8) is 0 Å². The van der Waals surface area contributed by atoms with Crippen molar-refractivity contribution in [2.24, 2.45) is 0 Å². The first-order chi connectivity index (χ1) is 10.6. The molecule has 0 bridgehead atoms. The summed E-state index contributed by atoms with van der Waals surface area (Å²) in [6.45, 7) is 6.80. The van der Waals surface area contributed by atoms with Crippen LogP contribution in [0.3, 0.4) is 0 Å². The SMILES string of the molecule is CC(Sc1nncn1C(C)C)C(=O)NCCC1=CCCCC1. The Kier molecular flexibility index (Phi) is 6.49. The largest absolute Gasteiger partial charge is 0.355 e. The summed E-state index contributed by atoms with van der Waals surface area (Å²) in [5, 5.41) is 11.7. The van der Waals surface area contributed by atoms with Crippen LogP contribution in [0, 0.1) is 0 Å². The van der Waals surface area contributed by atoms with Crippen LogP contribution in [0.1, 0.15) is 58.9 Å². The molecule has 5 nitrogen and oxygen atoms in total. The van der Waals surface area contributed by atoms with Gasteiger partial charge in [0.1, 0.15) is 6.33 Å². The fraction of sp³-hybridized carbons (Fsp3) is 0.688. The summed E-state index contributed by atoms with van der Waals surface area (Å²) in [5.74, 6) is 0.0692. The highest BCUT2D eigenvalue weighted by atomic mass is 32.2. The Balaban J connectivity index is 1.77. The number of carbonyl (C=O) groups excluding carboxylic acids is 1. The quantitative estimate of drug-likeness (QED) is 0.618. The van der Waals surface area contributed by atoms with E-state index >= 15 is 0 Å². The van der Waals surface area contributed by atoms with Crippen LogP contribution < -0.4 is 5.32 Å². The number of amides is 1. The van der Waals surface area contributed by atoms with Gasteiger partial charge in [0.15, 0.2) is 5.16 Å². The highest BCUT2D eigenvalue weighted by Gasteiger charge is 2.18. The summed E-state index contributed by atoms with van der Waals surface area (Å²) in [5.41, 5.74) is 1.49. The van der Waals surface area contributed by atoms with E-state index in [4.69, 9.17) is 0 Å². The molecule has 1 unspecified atom stereocenters. The molecule has 1 N–H and O–H groups in total. The number of rotatable bonds is 7. The van der Waals surface area contributed by atoms with Crippen LogP contribution in [0.2, 0.25) is 0 Å². The molecule has 0 spiro atoms. The van der Waals surface area contributed by atoms with Crippen molar-refractivity contribution in [1.82, 2.24) is 20.1 Å². The first-order valence-corrected chi connectivity index (χ1v) is 8.97. The summed E-state index contributed by atoms with van der Waals surface area (Å²) in [6.07, 6.45) is 10.0. The molecule has 1 aromatic heterocycles. The summed E-state index contributed by atoms with van der Waals surface area (Å²) in [7, 11) is 0. The molecule has 6 heteroatoms. The fourth-order valence-corrected chi connectivity index (χ4v) is 3.48. The molecular formula is C16H26N4OS. The van der Waals surface area contributed by atoms with Gasteiger partial charge < -0.3 is 9.88 Å². The van der Waals surface area contributed by atoms with E-state index < -0.39 is 0 Å². The number of nitrogens with one attached hydrogen (secondary N) is 1. The zero-order valence-electron chi connectivity index (χ0n) is 13.7. The second-order valence-corrected chi connectivity index (χ2v) is 7.33. The lowest BCUT2D eigenvalue weighted by molar-refractivity contribution is -0.120. The maximum absolute atomic E-state index is 12.2. The molecule has 2 rings (SSSR count). The maximum Gasteiger partial charge on any atom is 0.233 e. The minimum Gasteiger partial charge on any atom is -0.355 e. The Bertz CT molecular complexity index is 524. The van der Waals surface area contributed by atoms with Gasteiger partial charge in [-0.1, -0.05) is 23.4 Å². The third-order valence-electron chi connectivity index (χ3n) is 3.88. The normalized spacial score (nSPS) is 16.5. The molecule has 0 radical (unpaired) electrons. The predicted molar refractivity (Wildman–Crippen MR) is 89.9 cm³/mol. The number of aromatic nitrogens is 3. The number of nitrogens with zero attached hydrogens (tertiary/aromatic N) is 3. The molecule has 1 atom stereocenters. The molecule has 0 saturated heterocycles. The van der Waals surface area contributed by atoms with E-state index in [1.807, 2.05) is 11.5 Å². The maximum atomic E-state index is 12.2. The van der Waals surface area contributed by atoms with Gasteiger partial charge in [0.2, 0.25) is 5.91 Å². The predicted octanol–water partition coefficient (Wildman–Crippen LogP) is 3.35. The van der Waals surface area contributed by atoms with Crippen molar-refractivity contribution in [3.8, 4) is 0 Å². The first kappa shape index (κ1) is 17.1. The van der Waals surface area contributed by atoms with Crippen LogP contribution >= 0.6 is 11.8 Å². The van der Waals surface area contributed by atoms with Crippen molar-refractivity contribution in [3.05, 3.63) is 18.0 Å². The number of thioether (sulfide) groups is 1. The van der Waals surface area contributed by atoms with E-state index in [9.17, 15) is 4.79 Å². The van der Waals surface area contributed by atoms with Crippen LogP contribution in [0.25, 0.3) is 0 Å². The van der Waals surface area contributed by atoms with Gasteiger partial charge >= 0.3 is 0 Å². The Morgan fingerprint density at radius 1 is 1.41 bits per heavy atom. The third kappa shape index (κ3) is 4.87. The van der Waals surface area contributed by atoms with Gasteiger partial charge in [0.25, 0.3) is 0 Å². The van der Waals surface area contributed by atoms with Crippen molar-refractivity contribution in [2.45, 2.75) is 69.3 Å². The van der Waals surface area contributed by atoms with Crippen LogP contribution in [0.4, 0.5) is 0 Å². The van der Waals surface area contributed by atoms with Gasteiger partial charge in [-0.25, -0.2) is 0 Å². The van der Waals surface area contributed by atoms with Gasteiger partial charge in [-0.3, -0.25) is 4.79 Å². The standard InChI is InChI=1S/C16H26N4OS/c1-12(2)20-11-18-19-16(20)22-13(3)15(21)17-10-9-14-7-5-4-6-8-14/h7,11-13H,4-6,8-10H2,1-3H3,(H,17,21). The lowest BCUT2D eigenvalue weighted by Crippen LogP contribution is -2.32. The minimum absolute atomic E-state index is 0.0692. The Labute approximate surface area is 137 Å². The van der Waals surface area contributed by atoms with Gasteiger partial charge in [-0.05, 0) is 52.9 Å². The molecule has 22 heavy (non-hydrogen) atoms. The van der Waals surface area contributed by atoms with Crippen LogP contribution in [0.5, 0.6) is 0 Å². The Morgan fingerprint density at radius 3 is 2.91 bits per heavy atom. The number of hydrogen-bond donors (Lipinski definition) is 1. The molecule has 1 amide bonds. The molecule has 0 aliphatic heterocycles. The van der Waals surface area contributed by atoms with Crippen molar-refractivity contribution in [2.75, 3.05) is 6.54 Å². The van der Waals surface area contributed by atoms with E-state index in [1.54, 1.807) is 6.33 Å². The van der Waals surface area contributed by atoms with E-state index in [-0.39, 0.29) is 11.2 Å². The monoisotopic (exact) mass is 322 g/mol. The topological polar surface area (TPSA) is 59.8 Å². The van der Waals surface area contributed by atoms with E-state index in [1.165, 1.54) is 43.0 Å². The molecule has 0 fully saturated rings. The molecule has 122 valence electrons. The third-order valence-corrected chi connectivity index (χ3v) is 4.95. The smallest absolute Gasteiger partial charge is 0.233 e. The second kappa shape index (κ2) is 8.36. The molecule has 1 heterocycles. The summed E-state index contributed by atoms with van der Waals surface area (Å²) in [4.78, 5) is 12.2. The zero-order valence-corrected chi connectivity index (χ0v) is 14.5. The van der Waals surface area contributed by atoms with E-state index in [0.717, 1.165) is 18.1 Å². The molecule has 1 aliphatic carbocycles. The zero-order chi connectivity index (χ0) is 15.9. The minimum atomic E-state index is -0.165. The summed E-state index contributed by atoms with van der Waals surface area (Å²) in [6, 6.07) is 0.297. The van der Waals surface area contributed by atoms with E-state index in [0.29, 0.717) is 6.04 Å². The van der Waals surface area contributed by atoms with Crippen molar-refractivity contribution < 1.29 is 4.79 Å². The molecular weight excluding hydrogens is 296 g/mol. The Hall–Kier alpha value is -1.30. The average molecular weight is 322 g/mol. The van der Waals surface area contributed by atoms with Crippen LogP contribution in [0.15, 0.2) is 23.1 Å². The summed E-state index contributed by atoms with van der Waals surface area (Å²) >= 11 is 1.46. The highest BCUT2D eigenvalue weighted by molar-refractivity contribution is 8.00. The second-order valence-electron chi connectivity index (χ2n) is 6.02. The fourth-order valence-electron chi connectivity index (χ4n) is 2.50. The molecule has 1 aromatic rings. The summed E-state index contributed by atoms with van der Waals surface area (Å²) < 4.78 is 1.99.